The quantitative estimate of drug-likeness (QED) is 0.628. The summed E-state index contributed by atoms with van der Waals surface area (Å²) < 4.78 is 2.17. The molecular formula is C11H15N3S3. The molecule has 1 atom stereocenters. The summed E-state index contributed by atoms with van der Waals surface area (Å²) in [6.07, 6.45) is 3.65. The molecule has 2 heterocycles. The first-order chi connectivity index (χ1) is 8.11. The maximum absolute atomic E-state index is 4.46. The zero-order valence-electron chi connectivity index (χ0n) is 10.3. The van der Waals surface area contributed by atoms with Crippen LogP contribution in [0.5, 0.6) is 0 Å². The van der Waals surface area contributed by atoms with E-state index in [1.807, 2.05) is 18.0 Å². The summed E-state index contributed by atoms with van der Waals surface area (Å²) in [4.78, 5) is 13.1. The number of aromatic nitrogens is 3. The minimum Gasteiger partial charge on any atom is -0.228 e. The molecule has 0 aromatic carbocycles. The maximum atomic E-state index is 4.46. The van der Waals surface area contributed by atoms with Crippen molar-refractivity contribution in [3.8, 4) is 0 Å². The smallest absolute Gasteiger partial charge is 0.175 e. The number of fused-ring (bicyclic) bond motifs is 1. The minimum atomic E-state index is 0.549. The lowest BCUT2D eigenvalue weighted by Crippen LogP contribution is -2.05. The lowest BCUT2D eigenvalue weighted by atomic mass is 10.2. The zero-order valence-corrected chi connectivity index (χ0v) is 12.7. The first kappa shape index (κ1) is 13.1. The van der Waals surface area contributed by atoms with Crippen LogP contribution < -0.4 is 0 Å². The number of thioether (sulfide) groups is 2. The number of hydrogen-bond acceptors (Lipinski definition) is 6. The molecule has 0 radical (unpaired) electrons. The van der Waals surface area contributed by atoms with Gasteiger partial charge in [0.05, 0.1) is 0 Å². The Labute approximate surface area is 114 Å². The normalized spacial score (nSPS) is 13.5. The zero-order chi connectivity index (χ0) is 12.4. The summed E-state index contributed by atoms with van der Waals surface area (Å²) in [5.41, 5.74) is 0.827. The Balaban J connectivity index is 2.36. The molecular weight excluding hydrogens is 270 g/mol. The summed E-state index contributed by atoms with van der Waals surface area (Å²) in [5.74, 6) is 0.637. The van der Waals surface area contributed by atoms with Gasteiger partial charge >= 0.3 is 0 Å². The van der Waals surface area contributed by atoms with Gasteiger partial charge in [-0.3, -0.25) is 0 Å². The van der Waals surface area contributed by atoms with Gasteiger partial charge in [-0.25, -0.2) is 15.0 Å². The molecule has 0 spiro atoms. The Bertz CT molecular complexity index is 510. The van der Waals surface area contributed by atoms with Crippen molar-refractivity contribution >= 4 is 45.2 Å². The fourth-order valence-electron chi connectivity index (χ4n) is 1.20. The minimum absolute atomic E-state index is 0.549. The Morgan fingerprint density at radius 2 is 2.00 bits per heavy atom. The predicted octanol–water partition coefficient (Wildman–Crippen LogP) is 3.94. The van der Waals surface area contributed by atoms with E-state index in [0.717, 1.165) is 19.7 Å². The average Bonchev–Trinajstić information content (AvgIpc) is 2.72. The van der Waals surface area contributed by atoms with Crippen molar-refractivity contribution in [3.05, 3.63) is 6.33 Å². The Hall–Kier alpha value is -0.330. The first-order valence-electron chi connectivity index (χ1n) is 5.44. The van der Waals surface area contributed by atoms with Gasteiger partial charge in [0.25, 0.3) is 0 Å². The van der Waals surface area contributed by atoms with Crippen LogP contribution in [0, 0.1) is 5.92 Å². The lowest BCUT2D eigenvalue weighted by molar-refractivity contribution is 0.642. The Morgan fingerprint density at radius 1 is 1.24 bits per heavy atom. The van der Waals surface area contributed by atoms with Crippen molar-refractivity contribution in [1.29, 1.82) is 0 Å². The van der Waals surface area contributed by atoms with Crippen LogP contribution >= 0.6 is 34.9 Å². The van der Waals surface area contributed by atoms with Crippen LogP contribution in [0.2, 0.25) is 0 Å². The second-order valence-electron chi connectivity index (χ2n) is 4.08. The third kappa shape index (κ3) is 2.92. The molecule has 0 saturated heterocycles. The summed E-state index contributed by atoms with van der Waals surface area (Å²) in [6, 6.07) is 0. The fourth-order valence-corrected chi connectivity index (χ4v) is 3.80. The van der Waals surface area contributed by atoms with E-state index in [2.05, 4.69) is 35.7 Å². The number of hydrogen-bond donors (Lipinski definition) is 0. The Morgan fingerprint density at radius 3 is 2.65 bits per heavy atom. The van der Waals surface area contributed by atoms with Crippen molar-refractivity contribution in [1.82, 2.24) is 15.0 Å². The van der Waals surface area contributed by atoms with E-state index in [0.29, 0.717) is 11.2 Å². The SMILES string of the molecule is CSc1nc2ncnc(SC(C)C(C)C)c2s1. The highest BCUT2D eigenvalue weighted by Crippen LogP contribution is 2.35. The van der Waals surface area contributed by atoms with Gasteiger partial charge in [0.15, 0.2) is 9.99 Å². The largest absolute Gasteiger partial charge is 0.228 e. The standard InChI is InChI=1S/C11H15N3S3/c1-6(2)7(3)16-10-8-9(12-5-13-10)14-11(15-4)17-8/h5-7H,1-4H3. The van der Waals surface area contributed by atoms with Crippen molar-refractivity contribution in [2.75, 3.05) is 6.26 Å². The summed E-state index contributed by atoms with van der Waals surface area (Å²) in [7, 11) is 0. The molecule has 92 valence electrons. The lowest BCUT2D eigenvalue weighted by Gasteiger charge is -2.13. The van der Waals surface area contributed by atoms with Crippen LogP contribution in [0.3, 0.4) is 0 Å². The topological polar surface area (TPSA) is 38.7 Å². The van der Waals surface area contributed by atoms with E-state index in [1.165, 1.54) is 0 Å². The van der Waals surface area contributed by atoms with Crippen LogP contribution in [0.15, 0.2) is 15.7 Å². The van der Waals surface area contributed by atoms with Crippen LogP contribution in [-0.4, -0.2) is 26.5 Å². The van der Waals surface area contributed by atoms with Crippen molar-refractivity contribution in [2.24, 2.45) is 5.92 Å². The highest BCUT2D eigenvalue weighted by molar-refractivity contribution is 8.01. The second-order valence-corrected chi connectivity index (χ2v) is 7.50. The van der Waals surface area contributed by atoms with E-state index < -0.39 is 0 Å². The molecule has 0 bridgehead atoms. The molecule has 0 fully saturated rings. The first-order valence-corrected chi connectivity index (χ1v) is 8.36. The molecule has 0 aliphatic carbocycles. The number of rotatable bonds is 4. The number of thiazole rings is 1. The molecule has 2 aromatic rings. The molecule has 6 heteroatoms. The van der Waals surface area contributed by atoms with E-state index in [4.69, 9.17) is 0 Å². The Kier molecular flexibility index (Phi) is 4.27. The van der Waals surface area contributed by atoms with Gasteiger partial charge in [-0.15, -0.1) is 23.1 Å². The molecule has 0 saturated carbocycles. The molecule has 1 unspecified atom stereocenters. The summed E-state index contributed by atoms with van der Waals surface area (Å²) in [5, 5.41) is 1.61. The molecule has 0 aliphatic heterocycles. The van der Waals surface area contributed by atoms with Gasteiger partial charge in [0, 0.05) is 5.25 Å². The molecule has 17 heavy (non-hydrogen) atoms. The molecule has 3 nitrogen and oxygen atoms in total. The maximum Gasteiger partial charge on any atom is 0.175 e. The van der Waals surface area contributed by atoms with Gasteiger partial charge < -0.3 is 0 Å². The molecule has 2 rings (SSSR count). The van der Waals surface area contributed by atoms with Crippen LogP contribution in [0.1, 0.15) is 20.8 Å². The van der Waals surface area contributed by atoms with Crippen LogP contribution in [0.4, 0.5) is 0 Å². The predicted molar refractivity (Wildman–Crippen MR) is 77.1 cm³/mol. The van der Waals surface area contributed by atoms with E-state index in [-0.39, 0.29) is 0 Å². The van der Waals surface area contributed by atoms with Gasteiger partial charge in [0.1, 0.15) is 16.1 Å². The van der Waals surface area contributed by atoms with Crippen molar-refractivity contribution in [2.45, 2.75) is 35.4 Å². The van der Waals surface area contributed by atoms with E-state index in [1.54, 1.807) is 29.4 Å². The third-order valence-electron chi connectivity index (χ3n) is 2.55. The van der Waals surface area contributed by atoms with E-state index >= 15 is 0 Å². The van der Waals surface area contributed by atoms with Gasteiger partial charge in [0.2, 0.25) is 0 Å². The average molecular weight is 285 g/mol. The highest BCUT2D eigenvalue weighted by Gasteiger charge is 2.15. The van der Waals surface area contributed by atoms with E-state index in [9.17, 15) is 0 Å². The molecule has 0 N–H and O–H groups in total. The molecule has 0 amide bonds. The van der Waals surface area contributed by atoms with Crippen molar-refractivity contribution < 1.29 is 0 Å². The molecule has 0 aliphatic rings. The third-order valence-corrected chi connectivity index (χ3v) is 6.16. The second kappa shape index (κ2) is 5.54. The van der Waals surface area contributed by atoms with Crippen LogP contribution in [0.25, 0.3) is 10.3 Å². The van der Waals surface area contributed by atoms with Gasteiger partial charge in [-0.2, -0.15) is 0 Å². The highest BCUT2D eigenvalue weighted by atomic mass is 32.2. The monoisotopic (exact) mass is 285 g/mol. The summed E-state index contributed by atoms with van der Waals surface area (Å²) in [6.45, 7) is 6.70. The van der Waals surface area contributed by atoms with Gasteiger partial charge in [-0.1, -0.05) is 32.5 Å². The molecule has 2 aromatic heterocycles. The fraction of sp³-hybridized carbons (Fsp3) is 0.545. The van der Waals surface area contributed by atoms with Crippen molar-refractivity contribution in [3.63, 3.8) is 0 Å². The van der Waals surface area contributed by atoms with Gasteiger partial charge in [-0.05, 0) is 12.2 Å². The number of nitrogens with zero attached hydrogens (tertiary/aromatic N) is 3. The summed E-state index contributed by atoms with van der Waals surface area (Å²) >= 11 is 5.16. The van der Waals surface area contributed by atoms with Crippen LogP contribution in [-0.2, 0) is 0 Å².